The highest BCUT2D eigenvalue weighted by atomic mass is 35.5. The Bertz CT molecular complexity index is 1670. The van der Waals surface area contributed by atoms with Gasteiger partial charge in [-0.3, -0.25) is 19.2 Å². The molecule has 0 atom stereocenters. The topological polar surface area (TPSA) is 131 Å². The second kappa shape index (κ2) is 13.3. The molecule has 41 heavy (non-hydrogen) atoms. The van der Waals surface area contributed by atoms with E-state index >= 15 is 0 Å². The van der Waals surface area contributed by atoms with E-state index in [1.54, 1.807) is 54.6 Å². The Morgan fingerprint density at radius 2 is 1.66 bits per heavy atom. The van der Waals surface area contributed by atoms with Gasteiger partial charge in [0.1, 0.15) is 18.9 Å². The molecule has 0 aliphatic rings. The number of nitro groups is 1. The second-order valence-corrected chi connectivity index (χ2v) is 11.2. The van der Waals surface area contributed by atoms with Crippen LogP contribution in [0.2, 0.25) is 10.0 Å². The van der Waals surface area contributed by atoms with E-state index in [0.717, 1.165) is 9.87 Å². The zero-order valence-corrected chi connectivity index (χ0v) is 23.5. The largest absolute Gasteiger partial charge is 0.489 e. The number of hydrogen-bond acceptors (Lipinski definition) is 7. The Kier molecular flexibility index (Phi) is 9.56. The third-order valence-corrected chi connectivity index (χ3v) is 7.94. The molecular formula is C28H22Cl2N4O6S. The predicted molar refractivity (Wildman–Crippen MR) is 157 cm³/mol. The van der Waals surface area contributed by atoms with Gasteiger partial charge in [0.05, 0.1) is 26.7 Å². The van der Waals surface area contributed by atoms with Gasteiger partial charge in [-0.25, -0.2) is 13.8 Å². The van der Waals surface area contributed by atoms with Crippen LogP contribution in [0.15, 0.2) is 107 Å². The third-order valence-electron chi connectivity index (χ3n) is 5.63. The summed E-state index contributed by atoms with van der Waals surface area (Å²) in [6, 6.07) is 24.8. The van der Waals surface area contributed by atoms with Gasteiger partial charge in [0.25, 0.3) is 21.6 Å². The van der Waals surface area contributed by atoms with Crippen molar-refractivity contribution in [2.24, 2.45) is 5.10 Å². The van der Waals surface area contributed by atoms with Gasteiger partial charge < -0.3 is 4.74 Å². The number of carbonyl (C=O) groups is 1. The zero-order valence-electron chi connectivity index (χ0n) is 21.2. The van der Waals surface area contributed by atoms with E-state index in [9.17, 15) is 23.3 Å². The lowest BCUT2D eigenvalue weighted by Crippen LogP contribution is -2.39. The fraction of sp³-hybridized carbons (Fsp3) is 0.0714. The molecule has 0 spiro atoms. The van der Waals surface area contributed by atoms with Crippen molar-refractivity contribution < 1.29 is 22.9 Å². The predicted octanol–water partition coefficient (Wildman–Crippen LogP) is 5.83. The maximum atomic E-state index is 13.4. The summed E-state index contributed by atoms with van der Waals surface area (Å²) in [5, 5.41) is 15.1. The van der Waals surface area contributed by atoms with Crippen LogP contribution in [0.3, 0.4) is 0 Å². The number of anilines is 1. The number of hydrogen-bond donors (Lipinski definition) is 1. The van der Waals surface area contributed by atoms with Crippen molar-refractivity contribution in [2.75, 3.05) is 10.8 Å². The number of ether oxygens (including phenoxy) is 1. The van der Waals surface area contributed by atoms with Crippen LogP contribution in [-0.2, 0) is 21.4 Å². The van der Waals surface area contributed by atoms with Gasteiger partial charge in [-0.1, -0.05) is 41.4 Å². The minimum atomic E-state index is -4.15. The second-order valence-electron chi connectivity index (χ2n) is 8.49. The maximum absolute atomic E-state index is 13.4. The molecule has 0 bridgehead atoms. The number of nitrogens with zero attached hydrogens (tertiary/aromatic N) is 3. The Hall–Kier alpha value is -4.45. The van der Waals surface area contributed by atoms with Crippen LogP contribution in [0.1, 0.15) is 11.1 Å². The van der Waals surface area contributed by atoms with Crippen molar-refractivity contribution in [3.63, 3.8) is 0 Å². The molecule has 0 saturated heterocycles. The first-order valence-corrected chi connectivity index (χ1v) is 14.1. The lowest BCUT2D eigenvalue weighted by atomic mass is 10.2. The number of sulfonamides is 1. The number of benzene rings is 4. The minimum Gasteiger partial charge on any atom is -0.489 e. The summed E-state index contributed by atoms with van der Waals surface area (Å²) in [6.07, 6.45) is 1.39. The summed E-state index contributed by atoms with van der Waals surface area (Å²) >= 11 is 12.3. The summed E-state index contributed by atoms with van der Waals surface area (Å²) in [5.41, 5.74) is 3.84. The fourth-order valence-electron chi connectivity index (χ4n) is 3.58. The summed E-state index contributed by atoms with van der Waals surface area (Å²) in [5.74, 6) is -0.138. The minimum absolute atomic E-state index is 0.00351. The van der Waals surface area contributed by atoms with E-state index in [1.807, 2.05) is 0 Å². The normalized spacial score (nSPS) is 11.3. The van der Waals surface area contributed by atoms with Crippen LogP contribution in [0.25, 0.3) is 0 Å². The zero-order chi connectivity index (χ0) is 29.4. The van der Waals surface area contributed by atoms with Crippen molar-refractivity contribution in [1.29, 1.82) is 0 Å². The molecule has 0 aliphatic heterocycles. The van der Waals surface area contributed by atoms with Crippen molar-refractivity contribution in [1.82, 2.24) is 5.43 Å². The monoisotopic (exact) mass is 612 g/mol. The fourth-order valence-corrected chi connectivity index (χ4v) is 5.60. The molecule has 0 heterocycles. The molecule has 4 aromatic rings. The molecule has 0 aromatic heterocycles. The molecule has 0 fully saturated rings. The molecule has 0 saturated carbocycles. The number of nitrogens with one attached hydrogen (secondary N) is 1. The lowest BCUT2D eigenvalue weighted by molar-refractivity contribution is -0.384. The number of hydrazone groups is 1. The van der Waals surface area contributed by atoms with Crippen molar-refractivity contribution in [2.45, 2.75) is 11.5 Å². The molecule has 1 amide bonds. The first kappa shape index (κ1) is 29.5. The Morgan fingerprint density at radius 3 is 2.29 bits per heavy atom. The Labute approximate surface area is 246 Å². The van der Waals surface area contributed by atoms with Gasteiger partial charge in [-0.15, -0.1) is 0 Å². The van der Waals surface area contributed by atoms with Crippen molar-refractivity contribution >= 4 is 56.7 Å². The molecule has 1 N–H and O–H groups in total. The number of non-ortho nitro benzene ring substituents is 1. The molecule has 0 aliphatic carbocycles. The highest BCUT2D eigenvalue weighted by Crippen LogP contribution is 2.32. The van der Waals surface area contributed by atoms with E-state index in [1.165, 1.54) is 48.7 Å². The van der Waals surface area contributed by atoms with E-state index < -0.39 is 27.4 Å². The van der Waals surface area contributed by atoms with Crippen LogP contribution in [-0.4, -0.2) is 32.0 Å². The third kappa shape index (κ3) is 7.82. The molecule has 13 heteroatoms. The molecular weight excluding hydrogens is 591 g/mol. The number of nitro benzene ring substituents is 1. The Balaban J connectivity index is 1.39. The summed E-state index contributed by atoms with van der Waals surface area (Å²) < 4.78 is 33.4. The number of amides is 1. The van der Waals surface area contributed by atoms with Gasteiger partial charge in [-0.2, -0.15) is 5.10 Å². The first-order chi connectivity index (χ1) is 19.6. The van der Waals surface area contributed by atoms with E-state index in [4.69, 9.17) is 27.9 Å². The average molecular weight is 613 g/mol. The summed E-state index contributed by atoms with van der Waals surface area (Å²) in [6.45, 7) is -0.368. The smallest absolute Gasteiger partial charge is 0.269 e. The van der Waals surface area contributed by atoms with Gasteiger partial charge in [0, 0.05) is 17.2 Å². The van der Waals surface area contributed by atoms with Crippen LogP contribution >= 0.6 is 23.2 Å². The molecule has 0 radical (unpaired) electrons. The SMILES string of the molecule is O=C(CN(c1ccc(Cl)cc1Cl)S(=O)(=O)c1ccccc1)N/N=C\c1ccc(OCc2ccc([N+](=O)[O-])cc2)cc1. The molecule has 0 unspecified atom stereocenters. The number of carbonyl (C=O) groups excluding carboxylic acids is 1. The average Bonchev–Trinajstić information content (AvgIpc) is 2.96. The number of rotatable bonds is 11. The standard InChI is InChI=1S/C28H22Cl2N4O6S/c29-22-10-15-27(26(30)16-22)33(41(38,39)25-4-2-1-3-5-25)18-28(35)32-31-17-20-8-13-24(14-9-20)40-19-21-6-11-23(12-7-21)34(36)37/h1-17H,18-19H2,(H,32,35)/b31-17-. The molecule has 4 rings (SSSR count). The summed E-state index contributed by atoms with van der Waals surface area (Å²) in [4.78, 5) is 23.0. The highest BCUT2D eigenvalue weighted by molar-refractivity contribution is 7.92. The van der Waals surface area contributed by atoms with Crippen molar-refractivity contribution in [3.8, 4) is 5.75 Å². The maximum Gasteiger partial charge on any atom is 0.269 e. The summed E-state index contributed by atoms with van der Waals surface area (Å²) in [7, 11) is -4.15. The van der Waals surface area contributed by atoms with E-state index in [-0.39, 0.29) is 27.9 Å². The van der Waals surface area contributed by atoms with Crippen LogP contribution < -0.4 is 14.5 Å². The van der Waals surface area contributed by atoms with Gasteiger partial charge in [0.2, 0.25) is 0 Å². The molecule has 10 nitrogen and oxygen atoms in total. The van der Waals surface area contributed by atoms with Gasteiger partial charge >= 0.3 is 0 Å². The highest BCUT2D eigenvalue weighted by Gasteiger charge is 2.28. The number of halogens is 2. The van der Waals surface area contributed by atoms with Gasteiger partial charge in [-0.05, 0) is 77.9 Å². The molecule has 210 valence electrons. The van der Waals surface area contributed by atoms with Gasteiger partial charge in [0.15, 0.2) is 0 Å². The van der Waals surface area contributed by atoms with Crippen molar-refractivity contribution in [3.05, 3.63) is 128 Å². The van der Waals surface area contributed by atoms with Crippen LogP contribution in [0, 0.1) is 10.1 Å². The van der Waals surface area contributed by atoms with E-state index in [2.05, 4.69) is 10.5 Å². The van der Waals surface area contributed by atoms with E-state index in [0.29, 0.717) is 16.3 Å². The van der Waals surface area contributed by atoms with Crippen LogP contribution in [0.5, 0.6) is 5.75 Å². The van der Waals surface area contributed by atoms with Crippen LogP contribution in [0.4, 0.5) is 11.4 Å². The quantitative estimate of drug-likeness (QED) is 0.129. The Morgan fingerprint density at radius 1 is 0.976 bits per heavy atom. The first-order valence-electron chi connectivity index (χ1n) is 11.9. The molecule has 4 aromatic carbocycles. The lowest BCUT2D eigenvalue weighted by Gasteiger charge is -2.24.